The Morgan fingerprint density at radius 3 is 2.65 bits per heavy atom. The molecule has 0 saturated heterocycles. The minimum absolute atomic E-state index is 0.0803. The summed E-state index contributed by atoms with van der Waals surface area (Å²) >= 11 is 0. The predicted octanol–water partition coefficient (Wildman–Crippen LogP) is 2.11. The molecule has 0 radical (unpaired) electrons. The van der Waals surface area contributed by atoms with Crippen LogP contribution < -0.4 is 11.1 Å². The number of pyridine rings is 1. The van der Waals surface area contributed by atoms with Crippen LogP contribution in [0.1, 0.15) is 39.2 Å². The Hall–Kier alpha value is -1.58. The van der Waals surface area contributed by atoms with E-state index in [4.69, 9.17) is 5.73 Å². The van der Waals surface area contributed by atoms with Crippen molar-refractivity contribution in [1.29, 1.82) is 0 Å². The van der Waals surface area contributed by atoms with Gasteiger partial charge in [-0.15, -0.1) is 0 Å². The van der Waals surface area contributed by atoms with E-state index in [1.165, 1.54) is 0 Å². The van der Waals surface area contributed by atoms with Gasteiger partial charge in [0, 0.05) is 19.2 Å². The van der Waals surface area contributed by atoms with Crippen molar-refractivity contribution in [2.45, 2.75) is 40.2 Å². The van der Waals surface area contributed by atoms with E-state index >= 15 is 0 Å². The molecule has 1 rings (SSSR count). The van der Waals surface area contributed by atoms with Crippen molar-refractivity contribution in [3.63, 3.8) is 0 Å². The van der Waals surface area contributed by atoms with Crippen molar-refractivity contribution < 1.29 is 4.79 Å². The number of anilines is 1. The van der Waals surface area contributed by atoms with Crippen molar-refractivity contribution >= 4 is 11.7 Å². The summed E-state index contributed by atoms with van der Waals surface area (Å²) in [5.74, 6) is 0.574. The van der Waals surface area contributed by atoms with Crippen molar-refractivity contribution in [3.8, 4) is 0 Å². The van der Waals surface area contributed by atoms with Gasteiger partial charge in [-0.3, -0.25) is 4.79 Å². The van der Waals surface area contributed by atoms with Gasteiger partial charge in [0.1, 0.15) is 5.82 Å². The van der Waals surface area contributed by atoms with E-state index in [9.17, 15) is 4.79 Å². The van der Waals surface area contributed by atoms with Crippen LogP contribution in [0, 0.1) is 5.41 Å². The lowest BCUT2D eigenvalue weighted by atomic mass is 9.90. The third kappa shape index (κ3) is 5.90. The summed E-state index contributed by atoms with van der Waals surface area (Å²) in [5.41, 5.74) is 6.64. The normalized spacial score (nSPS) is 11.2. The Balaban J connectivity index is 2.31. The maximum Gasteiger partial charge on any atom is 0.220 e. The van der Waals surface area contributed by atoms with E-state index in [0.29, 0.717) is 18.8 Å². The molecule has 1 aromatic rings. The fourth-order valence-electron chi connectivity index (χ4n) is 1.32. The first-order chi connectivity index (χ1) is 7.87. The first kappa shape index (κ1) is 13.5. The Morgan fingerprint density at radius 1 is 1.41 bits per heavy atom. The zero-order valence-corrected chi connectivity index (χ0v) is 10.8. The van der Waals surface area contributed by atoms with Gasteiger partial charge in [0.2, 0.25) is 5.91 Å². The molecule has 0 unspecified atom stereocenters. The molecule has 4 heteroatoms. The highest BCUT2D eigenvalue weighted by atomic mass is 16.1. The summed E-state index contributed by atoms with van der Waals surface area (Å²) in [6.45, 7) is 6.90. The maximum absolute atomic E-state index is 11.6. The summed E-state index contributed by atoms with van der Waals surface area (Å²) in [6, 6.07) is 3.60. The summed E-state index contributed by atoms with van der Waals surface area (Å²) in [6.07, 6.45) is 3.13. The fraction of sp³-hybridized carbons (Fsp3) is 0.538. The second-order valence-corrected chi connectivity index (χ2v) is 5.43. The summed E-state index contributed by atoms with van der Waals surface area (Å²) in [5, 5.41) is 2.87. The number of aromatic nitrogens is 1. The Labute approximate surface area is 103 Å². The number of nitrogens with two attached hydrogens (primary N) is 1. The number of rotatable bonds is 4. The summed E-state index contributed by atoms with van der Waals surface area (Å²) in [4.78, 5) is 15.5. The lowest BCUT2D eigenvalue weighted by molar-refractivity contribution is -0.121. The van der Waals surface area contributed by atoms with E-state index in [1.54, 1.807) is 12.3 Å². The zero-order chi connectivity index (χ0) is 12.9. The molecule has 1 heterocycles. The van der Waals surface area contributed by atoms with Crippen LogP contribution in [-0.4, -0.2) is 10.9 Å². The van der Waals surface area contributed by atoms with E-state index in [0.717, 1.165) is 12.0 Å². The molecule has 94 valence electrons. The SMILES string of the molecule is CC(C)(C)CCC(=O)NCc1ccc(N)nc1. The molecule has 0 aromatic carbocycles. The number of nitrogen functional groups attached to an aromatic ring is 1. The van der Waals surface area contributed by atoms with Crippen LogP contribution in [0.3, 0.4) is 0 Å². The highest BCUT2D eigenvalue weighted by Gasteiger charge is 2.12. The van der Waals surface area contributed by atoms with Gasteiger partial charge in [0.25, 0.3) is 0 Å². The molecule has 4 nitrogen and oxygen atoms in total. The second kappa shape index (κ2) is 5.66. The van der Waals surface area contributed by atoms with Crippen LogP contribution in [-0.2, 0) is 11.3 Å². The van der Waals surface area contributed by atoms with Crippen LogP contribution >= 0.6 is 0 Å². The van der Waals surface area contributed by atoms with Crippen molar-refractivity contribution in [2.75, 3.05) is 5.73 Å². The molecule has 0 atom stereocenters. The molecule has 0 saturated carbocycles. The largest absolute Gasteiger partial charge is 0.384 e. The zero-order valence-electron chi connectivity index (χ0n) is 10.8. The molecular formula is C13H21N3O. The smallest absolute Gasteiger partial charge is 0.220 e. The molecule has 0 fully saturated rings. The van der Waals surface area contributed by atoms with Gasteiger partial charge >= 0.3 is 0 Å². The van der Waals surface area contributed by atoms with Gasteiger partial charge < -0.3 is 11.1 Å². The highest BCUT2D eigenvalue weighted by molar-refractivity contribution is 5.75. The lowest BCUT2D eigenvalue weighted by Gasteiger charge is -2.17. The predicted molar refractivity (Wildman–Crippen MR) is 69.2 cm³/mol. The van der Waals surface area contributed by atoms with Gasteiger partial charge in [-0.1, -0.05) is 26.8 Å². The molecule has 0 bridgehead atoms. The molecule has 1 amide bonds. The minimum atomic E-state index is 0.0803. The Kier molecular flexibility index (Phi) is 4.49. The van der Waals surface area contributed by atoms with Gasteiger partial charge in [0.15, 0.2) is 0 Å². The lowest BCUT2D eigenvalue weighted by Crippen LogP contribution is -2.24. The van der Waals surface area contributed by atoms with E-state index in [2.05, 4.69) is 31.1 Å². The summed E-state index contributed by atoms with van der Waals surface area (Å²) in [7, 11) is 0. The Morgan fingerprint density at radius 2 is 2.12 bits per heavy atom. The molecule has 0 aliphatic heterocycles. The van der Waals surface area contributed by atoms with Crippen LogP contribution in [0.4, 0.5) is 5.82 Å². The van der Waals surface area contributed by atoms with E-state index in [-0.39, 0.29) is 11.3 Å². The quantitative estimate of drug-likeness (QED) is 0.839. The number of amides is 1. The summed E-state index contributed by atoms with van der Waals surface area (Å²) < 4.78 is 0. The minimum Gasteiger partial charge on any atom is -0.384 e. The number of carbonyl (C=O) groups excluding carboxylic acids is 1. The standard InChI is InChI=1S/C13H21N3O/c1-13(2,3)7-6-12(17)16-9-10-4-5-11(14)15-8-10/h4-5,8H,6-7,9H2,1-3H3,(H2,14,15)(H,16,17). The van der Waals surface area contributed by atoms with Crippen molar-refractivity contribution in [2.24, 2.45) is 5.41 Å². The molecule has 0 aliphatic rings. The molecule has 0 spiro atoms. The maximum atomic E-state index is 11.6. The number of nitrogens with zero attached hydrogens (tertiary/aromatic N) is 1. The Bertz CT molecular complexity index is 365. The fourth-order valence-corrected chi connectivity index (χ4v) is 1.32. The number of nitrogens with one attached hydrogen (secondary N) is 1. The third-order valence-electron chi connectivity index (χ3n) is 2.44. The topological polar surface area (TPSA) is 68.0 Å². The van der Waals surface area contributed by atoms with E-state index in [1.807, 2.05) is 6.07 Å². The highest BCUT2D eigenvalue weighted by Crippen LogP contribution is 2.20. The molecular weight excluding hydrogens is 214 g/mol. The van der Waals surface area contributed by atoms with Gasteiger partial charge in [0.05, 0.1) is 0 Å². The van der Waals surface area contributed by atoms with Crippen LogP contribution in [0.2, 0.25) is 0 Å². The second-order valence-electron chi connectivity index (χ2n) is 5.43. The average molecular weight is 235 g/mol. The third-order valence-corrected chi connectivity index (χ3v) is 2.44. The van der Waals surface area contributed by atoms with E-state index < -0.39 is 0 Å². The first-order valence-electron chi connectivity index (χ1n) is 5.84. The van der Waals surface area contributed by atoms with Gasteiger partial charge in [-0.05, 0) is 23.5 Å². The number of hydrogen-bond donors (Lipinski definition) is 2. The van der Waals surface area contributed by atoms with Crippen LogP contribution in [0.5, 0.6) is 0 Å². The number of carbonyl (C=O) groups is 1. The molecule has 3 N–H and O–H groups in total. The van der Waals surface area contributed by atoms with Gasteiger partial charge in [-0.2, -0.15) is 0 Å². The molecule has 1 aromatic heterocycles. The van der Waals surface area contributed by atoms with Crippen molar-refractivity contribution in [3.05, 3.63) is 23.9 Å². The van der Waals surface area contributed by atoms with Crippen LogP contribution in [0.25, 0.3) is 0 Å². The molecule has 17 heavy (non-hydrogen) atoms. The van der Waals surface area contributed by atoms with Gasteiger partial charge in [-0.25, -0.2) is 4.98 Å². The molecule has 0 aliphatic carbocycles. The monoisotopic (exact) mass is 235 g/mol. The number of hydrogen-bond acceptors (Lipinski definition) is 3. The van der Waals surface area contributed by atoms with Crippen LogP contribution in [0.15, 0.2) is 18.3 Å². The average Bonchev–Trinajstić information content (AvgIpc) is 2.25. The first-order valence-corrected chi connectivity index (χ1v) is 5.84. The van der Waals surface area contributed by atoms with Crippen molar-refractivity contribution in [1.82, 2.24) is 10.3 Å².